The molecular weight excluding hydrogens is 649 g/mol. The van der Waals surface area contributed by atoms with E-state index in [2.05, 4.69) is 26.3 Å². The molecule has 0 saturated carbocycles. The van der Waals surface area contributed by atoms with E-state index in [-0.39, 0.29) is 19.5 Å². The number of alkyl halides is 8. The topological polar surface area (TPSA) is 161 Å². The Hall–Kier alpha value is -3.38. The summed E-state index contributed by atoms with van der Waals surface area (Å²) >= 11 is 0. The number of hydrogen-bond acceptors (Lipinski definition) is 8. The summed E-state index contributed by atoms with van der Waals surface area (Å²) in [5.74, 6) is -38.2. The van der Waals surface area contributed by atoms with Crippen LogP contribution in [0.1, 0.15) is 0 Å². The van der Waals surface area contributed by atoms with Crippen LogP contribution in [-0.4, -0.2) is 47.6 Å². The Kier molecular flexibility index (Phi) is 19.3. The second-order valence-electron chi connectivity index (χ2n) is 5.07. The molecule has 0 bridgehead atoms. The fourth-order valence-electron chi connectivity index (χ4n) is 0.443. The molecule has 0 aliphatic heterocycles. The molecule has 0 spiro atoms. The van der Waals surface area contributed by atoms with Crippen LogP contribution in [0.15, 0.2) is 49.6 Å². The fourth-order valence-corrected chi connectivity index (χ4v) is 0.443. The van der Waals surface area contributed by atoms with Gasteiger partial charge in [0.25, 0.3) is 0 Å². The molecule has 0 aliphatic rings. The molecule has 0 saturated heterocycles. The van der Waals surface area contributed by atoms with Crippen molar-refractivity contribution in [1.29, 1.82) is 0 Å². The van der Waals surface area contributed by atoms with Crippen molar-refractivity contribution < 1.29 is 112 Å². The van der Waals surface area contributed by atoms with Crippen molar-refractivity contribution in [1.82, 2.24) is 0 Å². The summed E-state index contributed by atoms with van der Waals surface area (Å²) in [6.45, 7) is 8.44. The number of hydrogen-bond donors (Lipinski definition) is 0. The van der Waals surface area contributed by atoms with Crippen molar-refractivity contribution in [3.8, 4) is 0 Å². The van der Waals surface area contributed by atoms with Gasteiger partial charge >= 0.3 is 43.2 Å². The number of carboxylic acid groups (broad SMARTS) is 4. The molecule has 21 heteroatoms. The number of carbonyl (C=O) groups excluding carboxylic acids is 4. The smallest absolute Gasteiger partial charge is 0.544 e. The van der Waals surface area contributed by atoms with Gasteiger partial charge in [0.1, 0.15) is 23.9 Å². The van der Waals surface area contributed by atoms with Crippen LogP contribution in [0.2, 0.25) is 0 Å². The minimum Gasteiger partial charge on any atom is -0.544 e. The summed E-state index contributed by atoms with van der Waals surface area (Å²) in [7, 11) is 0. The van der Waals surface area contributed by atoms with Crippen LogP contribution in [0.4, 0.5) is 52.7 Å². The first-order valence-electron chi connectivity index (χ1n) is 7.31. The molecule has 0 aromatic heterocycles. The van der Waals surface area contributed by atoms with Gasteiger partial charge in [0.05, 0.1) is 0 Å². The average molecular weight is 657 g/mol. The van der Waals surface area contributed by atoms with Crippen molar-refractivity contribution in [3.05, 3.63) is 49.6 Å². The van der Waals surface area contributed by atoms with Gasteiger partial charge in [-0.3, -0.25) is 0 Å². The second-order valence-corrected chi connectivity index (χ2v) is 5.07. The number of rotatable bonds is 8. The van der Waals surface area contributed by atoms with E-state index in [0.717, 1.165) is 0 Å². The standard InChI is InChI=1S/4C4H3F3O2.Ru/c4*1-2(5)4(6,7)3(8)9;/h4*1H2,(H,8,9);/q;;;;+4/p-4. The SMILES string of the molecule is C=C(F)C(F)(F)C(=O)[O-].C=C(F)C(F)(F)C(=O)[O-].C=C(F)C(F)(F)C(=O)[O-].C=C(F)C(F)(F)C(=O)[O-].[Ru+4]. The van der Waals surface area contributed by atoms with Crippen LogP contribution >= 0.6 is 0 Å². The van der Waals surface area contributed by atoms with Gasteiger partial charge in [-0.2, -0.15) is 35.1 Å². The Morgan fingerprint density at radius 1 is 0.405 bits per heavy atom. The molecule has 0 aromatic carbocycles. The maximum Gasteiger partial charge on any atom is 4.00 e. The number of carboxylic acids is 4. The molecule has 0 rings (SSSR count). The first-order valence-corrected chi connectivity index (χ1v) is 7.31. The van der Waals surface area contributed by atoms with E-state index in [1.165, 1.54) is 0 Å². The second kappa shape index (κ2) is 16.4. The molecule has 0 N–H and O–H groups in total. The molecule has 0 aromatic rings. The van der Waals surface area contributed by atoms with Crippen LogP contribution < -0.4 is 20.4 Å². The number of carbonyl (C=O) groups is 4. The Bertz CT molecular complexity index is 694. The van der Waals surface area contributed by atoms with E-state index in [4.69, 9.17) is 0 Å². The van der Waals surface area contributed by atoms with E-state index >= 15 is 0 Å². The third-order valence-electron chi connectivity index (χ3n) is 2.39. The minimum atomic E-state index is -4.56. The van der Waals surface area contributed by atoms with Crippen LogP contribution in [0.25, 0.3) is 0 Å². The van der Waals surface area contributed by atoms with Crippen LogP contribution in [0.5, 0.6) is 0 Å². The average Bonchev–Trinajstić information content (AvgIpc) is 2.68. The van der Waals surface area contributed by atoms with Crippen LogP contribution in [-0.2, 0) is 38.7 Å². The Balaban J connectivity index is -0.000000122. The molecule has 0 heterocycles. The molecule has 0 amide bonds. The number of aliphatic carboxylic acids is 4. The Morgan fingerprint density at radius 2 is 0.486 bits per heavy atom. The summed E-state index contributed by atoms with van der Waals surface area (Å²) in [4.78, 5) is 37.2. The van der Waals surface area contributed by atoms with E-state index in [1.54, 1.807) is 0 Å². The zero-order valence-electron chi connectivity index (χ0n) is 17.0. The number of halogens is 12. The van der Waals surface area contributed by atoms with E-state index < -0.39 is 70.9 Å². The summed E-state index contributed by atoms with van der Waals surface area (Å²) in [5, 5.41) is 37.2. The predicted molar refractivity (Wildman–Crippen MR) is 80.8 cm³/mol. The maximum absolute atomic E-state index is 11.5. The van der Waals surface area contributed by atoms with Crippen molar-refractivity contribution in [2.45, 2.75) is 23.7 Å². The van der Waals surface area contributed by atoms with Gasteiger partial charge in [-0.25, -0.2) is 17.6 Å². The minimum absolute atomic E-state index is 0. The summed E-state index contributed by atoms with van der Waals surface area (Å²) in [6, 6.07) is 0. The summed E-state index contributed by atoms with van der Waals surface area (Å²) in [5.41, 5.74) is 0. The van der Waals surface area contributed by atoms with Crippen molar-refractivity contribution in [2.75, 3.05) is 0 Å². The normalized spacial score (nSPS) is 10.7. The molecule has 0 unspecified atom stereocenters. The quantitative estimate of drug-likeness (QED) is 0.248. The van der Waals surface area contributed by atoms with E-state index in [0.29, 0.717) is 0 Å². The first kappa shape index (κ1) is 43.7. The fraction of sp³-hybridized carbons (Fsp3) is 0.250. The van der Waals surface area contributed by atoms with Crippen LogP contribution in [0.3, 0.4) is 0 Å². The van der Waals surface area contributed by atoms with Crippen molar-refractivity contribution >= 4 is 23.9 Å². The van der Waals surface area contributed by atoms with Gasteiger partial charge in [-0.1, -0.05) is 26.3 Å². The van der Waals surface area contributed by atoms with E-state index in [9.17, 15) is 92.3 Å². The molecule has 0 radical (unpaired) electrons. The predicted octanol–water partition coefficient (Wildman–Crippen LogP) is -0.583. The molecule has 212 valence electrons. The maximum atomic E-state index is 11.5. The Morgan fingerprint density at radius 3 is 0.486 bits per heavy atom. The molecule has 0 fully saturated rings. The van der Waals surface area contributed by atoms with Gasteiger partial charge < -0.3 is 39.6 Å². The zero-order chi connectivity index (χ0) is 30.6. The van der Waals surface area contributed by atoms with Crippen molar-refractivity contribution in [2.24, 2.45) is 0 Å². The molecule has 0 aliphatic carbocycles. The van der Waals surface area contributed by atoms with Crippen LogP contribution in [0, 0.1) is 0 Å². The largest absolute Gasteiger partial charge is 4.00 e. The summed E-state index contributed by atoms with van der Waals surface area (Å²) < 4.78 is 138. The monoisotopic (exact) mass is 658 g/mol. The third-order valence-corrected chi connectivity index (χ3v) is 2.39. The van der Waals surface area contributed by atoms with Gasteiger partial charge in [0.15, 0.2) is 23.3 Å². The van der Waals surface area contributed by atoms with Crippen molar-refractivity contribution in [3.63, 3.8) is 0 Å². The van der Waals surface area contributed by atoms with Gasteiger partial charge in [-0.05, 0) is 0 Å². The molecule has 0 atom stereocenters. The van der Waals surface area contributed by atoms with E-state index in [1.807, 2.05) is 0 Å². The van der Waals surface area contributed by atoms with Gasteiger partial charge in [-0.15, -0.1) is 0 Å². The first-order chi connectivity index (χ1) is 15.5. The third kappa shape index (κ3) is 15.4. The van der Waals surface area contributed by atoms with Gasteiger partial charge in [0.2, 0.25) is 0 Å². The van der Waals surface area contributed by atoms with Gasteiger partial charge in [0, 0.05) is 0 Å². The molecule has 8 nitrogen and oxygen atoms in total. The Labute approximate surface area is 209 Å². The zero-order valence-corrected chi connectivity index (χ0v) is 18.7. The molecular formula is C16H8F12O8Ru. The molecule has 37 heavy (non-hydrogen) atoms. The summed E-state index contributed by atoms with van der Waals surface area (Å²) in [6.07, 6.45) is 0.